The van der Waals surface area contributed by atoms with Crippen molar-refractivity contribution < 1.29 is 23.9 Å². The fourth-order valence-electron chi connectivity index (χ4n) is 0.725. The zero-order valence-corrected chi connectivity index (χ0v) is 6.69. The molecule has 1 aliphatic rings. The summed E-state index contributed by atoms with van der Waals surface area (Å²) in [7, 11) is -4.60. The molecule has 0 aromatic heterocycles. The maximum absolute atomic E-state index is 10.8. The van der Waals surface area contributed by atoms with Crippen LogP contribution in [0, 0.1) is 0 Å². The summed E-state index contributed by atoms with van der Waals surface area (Å²) in [5.41, 5.74) is 0. The Balaban J connectivity index is 3.14. The van der Waals surface area contributed by atoms with E-state index < -0.39 is 24.5 Å². The van der Waals surface area contributed by atoms with E-state index in [4.69, 9.17) is 9.79 Å². The van der Waals surface area contributed by atoms with Gasteiger partial charge >= 0.3 is 7.60 Å². The van der Waals surface area contributed by atoms with Gasteiger partial charge in [0.2, 0.25) is 0 Å². The van der Waals surface area contributed by atoms with Crippen LogP contribution in [0.15, 0.2) is 23.5 Å². The van der Waals surface area contributed by atoms with Gasteiger partial charge in [0.05, 0.1) is 0 Å². The van der Waals surface area contributed by atoms with E-state index >= 15 is 0 Å². The van der Waals surface area contributed by atoms with Gasteiger partial charge in [0, 0.05) is 6.08 Å². The van der Waals surface area contributed by atoms with E-state index in [0.29, 0.717) is 6.08 Å². The topological polar surface area (TPSA) is 91.7 Å². The molecule has 6 heteroatoms. The average molecular weight is 188 g/mol. The molecule has 0 aromatic rings. The van der Waals surface area contributed by atoms with E-state index in [-0.39, 0.29) is 0 Å². The van der Waals surface area contributed by atoms with Crippen LogP contribution in [0.25, 0.3) is 0 Å². The van der Waals surface area contributed by atoms with Crippen LogP contribution in [0.1, 0.15) is 0 Å². The van der Waals surface area contributed by atoms with Gasteiger partial charge in [-0.25, -0.2) is 0 Å². The number of carbonyl (C=O) groups is 2. The van der Waals surface area contributed by atoms with Gasteiger partial charge in [-0.1, -0.05) is 0 Å². The number of rotatable bonds is 1. The molecule has 1 aliphatic carbocycles. The highest BCUT2D eigenvalue weighted by Gasteiger charge is 2.28. The summed E-state index contributed by atoms with van der Waals surface area (Å²) in [6.07, 6.45) is 2.46. The molecule has 0 radical (unpaired) electrons. The second kappa shape index (κ2) is 2.79. The lowest BCUT2D eigenvalue weighted by molar-refractivity contribution is -0.114. The van der Waals surface area contributed by atoms with E-state index in [1.165, 1.54) is 0 Å². The van der Waals surface area contributed by atoms with E-state index in [0.717, 1.165) is 12.2 Å². The zero-order chi connectivity index (χ0) is 9.35. The molecular weight excluding hydrogens is 183 g/mol. The van der Waals surface area contributed by atoms with Crippen LogP contribution in [0.4, 0.5) is 0 Å². The van der Waals surface area contributed by atoms with Gasteiger partial charge in [0.1, 0.15) is 5.31 Å². The molecule has 0 aliphatic heterocycles. The van der Waals surface area contributed by atoms with Crippen LogP contribution in [0.3, 0.4) is 0 Å². The van der Waals surface area contributed by atoms with Crippen molar-refractivity contribution in [2.75, 3.05) is 0 Å². The third kappa shape index (κ3) is 1.76. The van der Waals surface area contributed by atoms with Crippen molar-refractivity contribution in [2.45, 2.75) is 0 Å². The maximum Gasteiger partial charge on any atom is 0.360 e. The second-order valence-electron chi connectivity index (χ2n) is 2.17. The molecule has 0 atom stereocenters. The summed E-state index contributed by atoms with van der Waals surface area (Å²) in [5.74, 6) is -1.41. The fraction of sp³-hybridized carbons (Fsp3) is 0. The Morgan fingerprint density at radius 3 is 2.17 bits per heavy atom. The van der Waals surface area contributed by atoms with Crippen LogP contribution < -0.4 is 0 Å². The highest BCUT2D eigenvalue weighted by molar-refractivity contribution is 7.58. The first kappa shape index (κ1) is 9.06. The van der Waals surface area contributed by atoms with Crippen molar-refractivity contribution >= 4 is 19.2 Å². The highest BCUT2D eigenvalue weighted by Crippen LogP contribution is 2.46. The lowest BCUT2D eigenvalue weighted by Crippen LogP contribution is -2.07. The Morgan fingerprint density at radius 1 is 1.17 bits per heavy atom. The maximum atomic E-state index is 10.8. The second-order valence-corrected chi connectivity index (χ2v) is 3.74. The average Bonchev–Trinajstić information content (AvgIpc) is 1.92. The van der Waals surface area contributed by atoms with Gasteiger partial charge in [-0.3, -0.25) is 14.2 Å². The van der Waals surface area contributed by atoms with E-state index in [1.54, 1.807) is 0 Å². The molecule has 0 heterocycles. The van der Waals surface area contributed by atoms with Crippen LogP contribution in [-0.4, -0.2) is 21.4 Å². The fourth-order valence-corrected chi connectivity index (χ4v) is 1.38. The molecule has 0 unspecified atom stereocenters. The van der Waals surface area contributed by atoms with E-state index in [9.17, 15) is 14.2 Å². The monoisotopic (exact) mass is 188 g/mol. The van der Waals surface area contributed by atoms with Gasteiger partial charge in [-0.15, -0.1) is 0 Å². The predicted octanol–water partition coefficient (Wildman–Crippen LogP) is -0.244. The number of carbonyl (C=O) groups excluding carboxylic acids is 2. The summed E-state index contributed by atoms with van der Waals surface area (Å²) in [4.78, 5) is 38.5. The van der Waals surface area contributed by atoms with Gasteiger partial charge in [0.25, 0.3) is 0 Å². The Hall–Kier alpha value is -1.03. The minimum atomic E-state index is -4.60. The number of hydrogen-bond acceptors (Lipinski definition) is 3. The first-order chi connectivity index (χ1) is 5.41. The summed E-state index contributed by atoms with van der Waals surface area (Å²) in [5, 5.41) is -0.741. The molecule has 0 aromatic carbocycles. The molecule has 0 spiro atoms. The highest BCUT2D eigenvalue weighted by atomic mass is 31.2. The number of ketones is 2. The van der Waals surface area contributed by atoms with Crippen molar-refractivity contribution in [2.24, 2.45) is 0 Å². The number of allylic oxidation sites excluding steroid dienone is 4. The summed E-state index contributed by atoms with van der Waals surface area (Å²) in [6, 6.07) is 0. The predicted molar refractivity (Wildman–Crippen MR) is 39.3 cm³/mol. The van der Waals surface area contributed by atoms with E-state index in [1.807, 2.05) is 0 Å². The van der Waals surface area contributed by atoms with Gasteiger partial charge in [-0.05, 0) is 12.2 Å². The Labute approximate surface area is 67.6 Å². The Morgan fingerprint density at radius 2 is 1.75 bits per heavy atom. The molecule has 5 nitrogen and oxygen atoms in total. The van der Waals surface area contributed by atoms with Crippen molar-refractivity contribution in [3.8, 4) is 0 Å². The lowest BCUT2D eigenvalue weighted by Gasteiger charge is -2.07. The standard InChI is InChI=1S/C6H5O5P/c7-4-1-2-5(8)6(3-4)12(9,10)11/h1-3H,(H2,9,10,11). The molecule has 64 valence electrons. The molecule has 0 saturated carbocycles. The third-order valence-electron chi connectivity index (χ3n) is 1.24. The first-order valence-corrected chi connectivity index (χ1v) is 4.56. The zero-order valence-electron chi connectivity index (χ0n) is 5.80. The first-order valence-electron chi connectivity index (χ1n) is 2.95. The summed E-state index contributed by atoms with van der Waals surface area (Å²) >= 11 is 0. The van der Waals surface area contributed by atoms with Gasteiger partial charge < -0.3 is 9.79 Å². The van der Waals surface area contributed by atoms with Crippen LogP contribution >= 0.6 is 7.60 Å². The molecule has 12 heavy (non-hydrogen) atoms. The molecular formula is C6H5O5P. The molecule has 0 saturated heterocycles. The lowest BCUT2D eigenvalue weighted by atomic mass is 10.2. The largest absolute Gasteiger partial charge is 0.360 e. The summed E-state index contributed by atoms with van der Waals surface area (Å²) < 4.78 is 10.6. The van der Waals surface area contributed by atoms with Crippen molar-refractivity contribution in [1.29, 1.82) is 0 Å². The molecule has 0 amide bonds. The third-order valence-corrected chi connectivity index (χ3v) is 2.22. The Bertz CT molecular complexity index is 345. The molecule has 1 rings (SSSR count). The van der Waals surface area contributed by atoms with Gasteiger partial charge in [-0.2, -0.15) is 0 Å². The summed E-state index contributed by atoms with van der Waals surface area (Å²) in [6.45, 7) is 0. The minimum absolute atomic E-state index is 0.590. The molecule has 0 bridgehead atoms. The van der Waals surface area contributed by atoms with E-state index in [2.05, 4.69) is 0 Å². The normalized spacial score (nSPS) is 18.0. The smallest absolute Gasteiger partial charge is 0.321 e. The SMILES string of the molecule is O=C1C=CC(=O)C(P(=O)(O)O)=C1. The van der Waals surface area contributed by atoms with Crippen molar-refractivity contribution in [3.63, 3.8) is 0 Å². The minimum Gasteiger partial charge on any atom is -0.321 e. The molecule has 0 fully saturated rings. The van der Waals surface area contributed by atoms with Crippen molar-refractivity contribution in [1.82, 2.24) is 0 Å². The van der Waals surface area contributed by atoms with Crippen molar-refractivity contribution in [3.05, 3.63) is 23.5 Å². The van der Waals surface area contributed by atoms with Crippen LogP contribution in [0.5, 0.6) is 0 Å². The van der Waals surface area contributed by atoms with Gasteiger partial charge in [0.15, 0.2) is 11.6 Å². The van der Waals surface area contributed by atoms with Crippen LogP contribution in [-0.2, 0) is 14.2 Å². The number of hydrogen-bond donors (Lipinski definition) is 2. The van der Waals surface area contributed by atoms with Crippen LogP contribution in [0.2, 0.25) is 0 Å². The quantitative estimate of drug-likeness (QED) is 0.437. The Kier molecular flexibility index (Phi) is 2.10. The molecule has 2 N–H and O–H groups in total.